The van der Waals surface area contributed by atoms with Crippen molar-refractivity contribution in [3.63, 3.8) is 0 Å². The monoisotopic (exact) mass is 421 g/mol. The Morgan fingerprint density at radius 2 is 2.07 bits per heavy atom. The molecule has 0 bridgehead atoms. The van der Waals surface area contributed by atoms with Crippen molar-refractivity contribution in [2.24, 2.45) is 5.92 Å². The van der Waals surface area contributed by atoms with Gasteiger partial charge in [0.1, 0.15) is 10.7 Å². The number of carbonyl (C=O) groups excluding carboxylic acids is 1. The molecule has 6 heteroatoms. The molecule has 2 aromatic heterocycles. The Morgan fingerprint density at radius 3 is 2.93 bits per heavy atom. The summed E-state index contributed by atoms with van der Waals surface area (Å²) < 4.78 is 0. The van der Waals surface area contributed by atoms with Gasteiger partial charge in [-0.3, -0.25) is 9.59 Å². The summed E-state index contributed by atoms with van der Waals surface area (Å²) in [6.07, 6.45) is 5.91. The number of H-pyrrole nitrogens is 1. The van der Waals surface area contributed by atoms with E-state index >= 15 is 0 Å². The van der Waals surface area contributed by atoms with E-state index in [9.17, 15) is 9.59 Å². The van der Waals surface area contributed by atoms with Gasteiger partial charge in [0.25, 0.3) is 5.56 Å². The van der Waals surface area contributed by atoms with E-state index in [0.29, 0.717) is 24.6 Å². The molecule has 2 aliphatic rings. The molecule has 0 fully saturated rings. The summed E-state index contributed by atoms with van der Waals surface area (Å²) in [5.74, 6) is 1.37. The zero-order chi connectivity index (χ0) is 20.8. The molecule has 5 rings (SSSR count). The molecule has 0 spiro atoms. The average molecular weight is 422 g/mol. The first-order valence-electron chi connectivity index (χ1n) is 10.9. The third-order valence-corrected chi connectivity index (χ3v) is 7.73. The highest BCUT2D eigenvalue weighted by atomic mass is 32.1. The lowest BCUT2D eigenvalue weighted by Gasteiger charge is -2.35. The summed E-state index contributed by atoms with van der Waals surface area (Å²) in [6, 6.07) is 8.35. The zero-order valence-corrected chi connectivity index (χ0v) is 18.3. The first-order valence-corrected chi connectivity index (χ1v) is 11.8. The van der Waals surface area contributed by atoms with Crippen LogP contribution in [0.15, 0.2) is 29.1 Å². The molecule has 2 atom stereocenters. The second kappa shape index (κ2) is 7.65. The van der Waals surface area contributed by atoms with Crippen molar-refractivity contribution in [1.29, 1.82) is 0 Å². The van der Waals surface area contributed by atoms with Crippen molar-refractivity contribution >= 4 is 33.1 Å². The summed E-state index contributed by atoms with van der Waals surface area (Å²) in [4.78, 5) is 37.7. The van der Waals surface area contributed by atoms with Crippen LogP contribution in [0.5, 0.6) is 0 Å². The first-order chi connectivity index (χ1) is 14.5. The minimum Gasteiger partial charge on any atom is -0.310 e. The van der Waals surface area contributed by atoms with Gasteiger partial charge in [-0.2, -0.15) is 0 Å². The number of nitrogens with zero attached hydrogens (tertiary/aromatic N) is 2. The third-order valence-electron chi connectivity index (χ3n) is 6.58. The molecular weight excluding hydrogens is 394 g/mol. The molecule has 1 aromatic carbocycles. The van der Waals surface area contributed by atoms with E-state index in [1.165, 1.54) is 16.0 Å². The summed E-state index contributed by atoms with van der Waals surface area (Å²) in [7, 11) is 0. The molecule has 156 valence electrons. The highest BCUT2D eigenvalue weighted by Gasteiger charge is 2.28. The fourth-order valence-corrected chi connectivity index (χ4v) is 6.33. The molecule has 5 nitrogen and oxygen atoms in total. The number of rotatable bonds is 3. The maximum absolute atomic E-state index is 13.1. The van der Waals surface area contributed by atoms with Crippen molar-refractivity contribution in [1.82, 2.24) is 9.97 Å². The molecule has 1 aliphatic heterocycles. The number of hydrogen-bond donors (Lipinski definition) is 1. The zero-order valence-electron chi connectivity index (χ0n) is 17.5. The third kappa shape index (κ3) is 3.37. The number of aromatic amines is 1. The quantitative estimate of drug-likeness (QED) is 0.681. The molecule has 1 N–H and O–H groups in total. The minimum atomic E-state index is -0.0498. The molecule has 3 heterocycles. The topological polar surface area (TPSA) is 66.1 Å². The Kier molecular flexibility index (Phi) is 4.97. The number of benzene rings is 1. The van der Waals surface area contributed by atoms with Gasteiger partial charge in [0, 0.05) is 29.4 Å². The lowest BCUT2D eigenvalue weighted by atomic mass is 9.89. The number of fused-ring (bicyclic) bond motifs is 4. The van der Waals surface area contributed by atoms with Gasteiger partial charge in [0.05, 0.1) is 5.39 Å². The van der Waals surface area contributed by atoms with Gasteiger partial charge < -0.3 is 9.88 Å². The Balaban J connectivity index is 1.38. The second-order valence-electron chi connectivity index (χ2n) is 8.82. The van der Waals surface area contributed by atoms with Crippen LogP contribution in [0, 0.1) is 5.92 Å². The molecule has 30 heavy (non-hydrogen) atoms. The Bertz CT molecular complexity index is 1180. The van der Waals surface area contributed by atoms with Gasteiger partial charge in [-0.15, -0.1) is 11.3 Å². The highest BCUT2D eigenvalue weighted by molar-refractivity contribution is 7.18. The van der Waals surface area contributed by atoms with E-state index in [4.69, 9.17) is 4.98 Å². The van der Waals surface area contributed by atoms with E-state index in [2.05, 4.69) is 24.9 Å². The second-order valence-corrected chi connectivity index (χ2v) is 9.91. The van der Waals surface area contributed by atoms with Crippen LogP contribution >= 0.6 is 11.3 Å². The predicted octanol–water partition coefficient (Wildman–Crippen LogP) is 4.41. The van der Waals surface area contributed by atoms with Crippen molar-refractivity contribution in [2.45, 2.75) is 64.8 Å². The molecular formula is C24H27N3O2S. The lowest BCUT2D eigenvalue weighted by molar-refractivity contribution is -0.119. The summed E-state index contributed by atoms with van der Waals surface area (Å²) in [6.45, 7) is 4.37. The Labute approximate surface area is 180 Å². The minimum absolute atomic E-state index is 0.0498. The fraction of sp³-hybridized carbons (Fsp3) is 0.458. The number of amides is 1. The number of para-hydroxylation sites is 1. The fourth-order valence-electron chi connectivity index (χ4n) is 4.93. The van der Waals surface area contributed by atoms with Crippen molar-refractivity contribution in [3.8, 4) is 0 Å². The number of aryl methyl sites for hydroxylation is 3. The summed E-state index contributed by atoms with van der Waals surface area (Å²) >= 11 is 1.66. The van der Waals surface area contributed by atoms with Crippen LogP contribution in [0.4, 0.5) is 5.69 Å². The van der Waals surface area contributed by atoms with Crippen LogP contribution in [0.1, 0.15) is 54.9 Å². The van der Waals surface area contributed by atoms with Gasteiger partial charge in [0.2, 0.25) is 5.91 Å². The van der Waals surface area contributed by atoms with E-state index in [0.717, 1.165) is 48.0 Å². The Morgan fingerprint density at radius 1 is 1.23 bits per heavy atom. The van der Waals surface area contributed by atoms with Gasteiger partial charge in [-0.25, -0.2) is 4.98 Å². The highest BCUT2D eigenvalue weighted by Crippen LogP contribution is 2.36. The van der Waals surface area contributed by atoms with Crippen LogP contribution in [0.2, 0.25) is 0 Å². The molecule has 1 amide bonds. The van der Waals surface area contributed by atoms with E-state index in [-0.39, 0.29) is 17.5 Å². The van der Waals surface area contributed by atoms with E-state index in [1.807, 2.05) is 23.1 Å². The van der Waals surface area contributed by atoms with Crippen molar-refractivity contribution in [2.75, 3.05) is 4.90 Å². The van der Waals surface area contributed by atoms with Crippen molar-refractivity contribution in [3.05, 3.63) is 56.4 Å². The lowest BCUT2D eigenvalue weighted by Crippen LogP contribution is -2.42. The molecule has 0 saturated heterocycles. The number of thiophene rings is 1. The normalized spacial score (nSPS) is 20.8. The molecule has 0 saturated carbocycles. The largest absolute Gasteiger partial charge is 0.310 e. The number of aromatic nitrogens is 2. The summed E-state index contributed by atoms with van der Waals surface area (Å²) in [5, 5.41) is 0.774. The SMILES string of the molecule is C[C@@H]1CCc2c(sc3nc(CCC(=O)N4c5ccccc5CC[C@H]4C)[nH]c(=O)c23)C1. The van der Waals surface area contributed by atoms with Crippen LogP contribution in [0.3, 0.4) is 0 Å². The van der Waals surface area contributed by atoms with E-state index in [1.54, 1.807) is 11.3 Å². The molecule has 0 unspecified atom stereocenters. The van der Waals surface area contributed by atoms with Crippen LogP contribution in [0.25, 0.3) is 10.2 Å². The maximum atomic E-state index is 13.1. The van der Waals surface area contributed by atoms with Gasteiger partial charge in [-0.05, 0) is 62.1 Å². The van der Waals surface area contributed by atoms with Crippen LogP contribution in [-0.2, 0) is 30.5 Å². The Hall–Kier alpha value is -2.47. The first kappa shape index (κ1) is 19.5. The van der Waals surface area contributed by atoms with Gasteiger partial charge >= 0.3 is 0 Å². The molecule has 0 radical (unpaired) electrons. The average Bonchev–Trinajstić information content (AvgIpc) is 3.09. The number of nitrogens with one attached hydrogen (secondary N) is 1. The van der Waals surface area contributed by atoms with Gasteiger partial charge in [-0.1, -0.05) is 25.1 Å². The van der Waals surface area contributed by atoms with Crippen LogP contribution in [-0.4, -0.2) is 21.9 Å². The molecule has 3 aromatic rings. The smallest absolute Gasteiger partial charge is 0.259 e. The summed E-state index contributed by atoms with van der Waals surface area (Å²) in [5.41, 5.74) is 3.41. The maximum Gasteiger partial charge on any atom is 0.259 e. The van der Waals surface area contributed by atoms with Crippen LogP contribution < -0.4 is 10.5 Å². The number of anilines is 1. The van der Waals surface area contributed by atoms with Crippen molar-refractivity contribution < 1.29 is 4.79 Å². The van der Waals surface area contributed by atoms with E-state index < -0.39 is 0 Å². The standard InChI is InChI=1S/C24H27N3O2S/c1-14-7-10-17-19(13-14)30-24-22(17)23(29)25-20(26-24)11-12-21(28)27-15(2)8-9-16-5-3-4-6-18(16)27/h3-6,14-15H,7-13H2,1-2H3,(H,25,26,29)/t14-,15-/m1/s1. The molecule has 1 aliphatic carbocycles. The number of hydrogen-bond acceptors (Lipinski definition) is 4. The number of carbonyl (C=O) groups is 1. The van der Waals surface area contributed by atoms with Gasteiger partial charge in [0.15, 0.2) is 0 Å². The predicted molar refractivity (Wildman–Crippen MR) is 121 cm³/mol.